The molecule has 2 fully saturated rings. The van der Waals surface area contributed by atoms with Crippen LogP contribution >= 0.6 is 11.8 Å². The maximum atomic E-state index is 12.6. The Kier molecular flexibility index (Phi) is 4.12. The monoisotopic (exact) mass is 395 g/mol. The third-order valence-electron chi connectivity index (χ3n) is 6.24. The van der Waals surface area contributed by atoms with E-state index >= 15 is 0 Å². The van der Waals surface area contributed by atoms with Crippen LogP contribution in [0.4, 0.5) is 4.79 Å². The number of nitrogens with zero attached hydrogens (tertiary/aromatic N) is 1. The molecule has 0 aromatic heterocycles. The minimum absolute atomic E-state index is 0.0409. The first-order chi connectivity index (χ1) is 13.6. The zero-order valence-electron chi connectivity index (χ0n) is 15.3. The molecule has 1 atom stereocenters. The predicted molar refractivity (Wildman–Crippen MR) is 108 cm³/mol. The zero-order chi connectivity index (χ0) is 19.3. The molecule has 1 N–H and O–H groups in total. The van der Waals surface area contributed by atoms with Gasteiger partial charge in [-0.2, -0.15) is 11.8 Å². The van der Waals surface area contributed by atoms with Gasteiger partial charge < -0.3 is 14.7 Å². The van der Waals surface area contributed by atoms with Crippen LogP contribution in [0.25, 0.3) is 11.1 Å². The third-order valence-corrected chi connectivity index (χ3v) is 7.80. The number of hydrogen-bond acceptors (Lipinski definition) is 4. The highest BCUT2D eigenvalue weighted by Gasteiger charge is 2.57. The van der Waals surface area contributed by atoms with Gasteiger partial charge >= 0.3 is 12.1 Å². The second-order valence-electron chi connectivity index (χ2n) is 7.75. The van der Waals surface area contributed by atoms with Gasteiger partial charge in [-0.25, -0.2) is 4.79 Å². The van der Waals surface area contributed by atoms with Gasteiger partial charge in [0.1, 0.15) is 6.61 Å². The van der Waals surface area contributed by atoms with Crippen molar-refractivity contribution in [2.75, 3.05) is 25.4 Å². The SMILES string of the molecule is O=C(O)C1CCSC12CN(C(=O)OCC1c3ccccc3-c3ccccc31)C2. The van der Waals surface area contributed by atoms with Gasteiger partial charge in [0.2, 0.25) is 0 Å². The van der Waals surface area contributed by atoms with E-state index in [2.05, 4.69) is 24.3 Å². The molecule has 6 heteroatoms. The van der Waals surface area contributed by atoms with Gasteiger partial charge in [-0.05, 0) is 34.4 Å². The summed E-state index contributed by atoms with van der Waals surface area (Å²) >= 11 is 1.68. The van der Waals surface area contributed by atoms with Crippen LogP contribution in [0.3, 0.4) is 0 Å². The van der Waals surface area contributed by atoms with E-state index in [1.807, 2.05) is 24.3 Å². The first-order valence-corrected chi connectivity index (χ1v) is 10.5. The van der Waals surface area contributed by atoms with Gasteiger partial charge in [0.15, 0.2) is 0 Å². The lowest BCUT2D eigenvalue weighted by atomic mass is 9.83. The number of fused-ring (bicyclic) bond motifs is 3. The smallest absolute Gasteiger partial charge is 0.409 e. The molecule has 5 nitrogen and oxygen atoms in total. The number of carbonyl (C=O) groups is 2. The molecule has 0 saturated carbocycles. The van der Waals surface area contributed by atoms with Crippen LogP contribution in [0.5, 0.6) is 0 Å². The Bertz CT molecular complexity index is 908. The summed E-state index contributed by atoms with van der Waals surface area (Å²) in [4.78, 5) is 25.7. The van der Waals surface area contributed by atoms with Gasteiger partial charge in [0.05, 0.1) is 10.7 Å². The number of hydrogen-bond donors (Lipinski definition) is 1. The minimum Gasteiger partial charge on any atom is -0.481 e. The molecule has 0 bridgehead atoms. The lowest BCUT2D eigenvalue weighted by molar-refractivity contribution is -0.144. The number of carbonyl (C=O) groups excluding carboxylic acids is 1. The van der Waals surface area contributed by atoms with Crippen molar-refractivity contribution in [3.8, 4) is 11.1 Å². The summed E-state index contributed by atoms with van der Waals surface area (Å²) in [5.74, 6) is -0.235. The van der Waals surface area contributed by atoms with E-state index in [0.717, 1.165) is 5.75 Å². The van der Waals surface area contributed by atoms with Crippen molar-refractivity contribution in [1.29, 1.82) is 0 Å². The molecular formula is C22H21NO4S. The largest absolute Gasteiger partial charge is 0.481 e. The van der Waals surface area contributed by atoms with Crippen molar-refractivity contribution in [3.63, 3.8) is 0 Å². The molecule has 2 heterocycles. The third kappa shape index (κ3) is 2.62. The van der Waals surface area contributed by atoms with E-state index in [4.69, 9.17) is 4.74 Å². The van der Waals surface area contributed by atoms with Crippen molar-refractivity contribution < 1.29 is 19.4 Å². The molecule has 1 unspecified atom stereocenters. The molecular weight excluding hydrogens is 374 g/mol. The molecule has 1 spiro atoms. The van der Waals surface area contributed by atoms with E-state index in [9.17, 15) is 14.7 Å². The summed E-state index contributed by atoms with van der Waals surface area (Å²) in [7, 11) is 0. The highest BCUT2D eigenvalue weighted by atomic mass is 32.2. The lowest BCUT2D eigenvalue weighted by Gasteiger charge is -2.48. The number of ether oxygens (including phenoxy) is 1. The lowest BCUT2D eigenvalue weighted by Crippen LogP contribution is -2.64. The molecule has 2 saturated heterocycles. The topological polar surface area (TPSA) is 66.8 Å². The Balaban J connectivity index is 1.27. The van der Waals surface area contributed by atoms with Crippen LogP contribution in [0.15, 0.2) is 48.5 Å². The zero-order valence-corrected chi connectivity index (χ0v) is 16.2. The number of thioether (sulfide) groups is 1. The number of benzene rings is 2. The fourth-order valence-electron chi connectivity index (χ4n) is 4.82. The molecule has 2 aromatic carbocycles. The van der Waals surface area contributed by atoms with Crippen molar-refractivity contribution >= 4 is 23.8 Å². The average molecular weight is 395 g/mol. The summed E-state index contributed by atoms with van der Waals surface area (Å²) < 4.78 is 5.35. The number of carboxylic acids is 1. The number of amides is 1. The molecule has 5 rings (SSSR count). The van der Waals surface area contributed by atoms with Crippen LogP contribution in [-0.4, -0.2) is 52.3 Å². The van der Waals surface area contributed by atoms with E-state index in [-0.39, 0.29) is 22.7 Å². The quantitative estimate of drug-likeness (QED) is 0.856. The van der Waals surface area contributed by atoms with E-state index in [1.165, 1.54) is 22.3 Å². The van der Waals surface area contributed by atoms with Gasteiger partial charge in [0.25, 0.3) is 0 Å². The summed E-state index contributed by atoms with van der Waals surface area (Å²) in [6, 6.07) is 16.5. The van der Waals surface area contributed by atoms with Crippen LogP contribution in [-0.2, 0) is 9.53 Å². The Morgan fingerprint density at radius 3 is 2.29 bits per heavy atom. The highest BCUT2D eigenvalue weighted by Crippen LogP contribution is 2.49. The Labute approximate surface area is 167 Å². The van der Waals surface area contributed by atoms with E-state index in [0.29, 0.717) is 26.1 Å². The first kappa shape index (κ1) is 17.6. The Morgan fingerprint density at radius 2 is 1.68 bits per heavy atom. The van der Waals surface area contributed by atoms with Gasteiger partial charge in [-0.3, -0.25) is 4.79 Å². The summed E-state index contributed by atoms with van der Waals surface area (Å²) in [6.45, 7) is 1.22. The van der Waals surface area contributed by atoms with Crippen molar-refractivity contribution in [2.45, 2.75) is 17.1 Å². The summed E-state index contributed by atoms with van der Waals surface area (Å²) in [5, 5.41) is 9.42. The fraction of sp³-hybridized carbons (Fsp3) is 0.364. The van der Waals surface area contributed by atoms with Crippen molar-refractivity contribution in [1.82, 2.24) is 4.90 Å². The number of aliphatic carboxylic acids is 1. The number of carboxylic acid groups (broad SMARTS) is 1. The molecule has 1 aliphatic carbocycles. The molecule has 0 radical (unpaired) electrons. The van der Waals surface area contributed by atoms with E-state index in [1.54, 1.807) is 16.7 Å². The summed E-state index contributed by atoms with van der Waals surface area (Å²) in [5.41, 5.74) is 4.78. The van der Waals surface area contributed by atoms with E-state index < -0.39 is 5.97 Å². The predicted octanol–water partition coefficient (Wildman–Crippen LogP) is 3.83. The fourth-order valence-corrected chi connectivity index (χ4v) is 6.49. The first-order valence-electron chi connectivity index (χ1n) is 9.56. The second kappa shape index (κ2) is 6.55. The molecule has 2 aromatic rings. The minimum atomic E-state index is -0.753. The average Bonchev–Trinajstić information content (AvgIpc) is 3.25. The molecule has 28 heavy (non-hydrogen) atoms. The van der Waals surface area contributed by atoms with Crippen molar-refractivity contribution in [3.05, 3.63) is 59.7 Å². The maximum Gasteiger partial charge on any atom is 0.409 e. The van der Waals surface area contributed by atoms with Crippen molar-refractivity contribution in [2.24, 2.45) is 5.92 Å². The van der Waals surface area contributed by atoms with Crippen LogP contribution in [0.1, 0.15) is 23.5 Å². The maximum absolute atomic E-state index is 12.6. The van der Waals surface area contributed by atoms with Gasteiger partial charge in [0, 0.05) is 19.0 Å². The number of rotatable bonds is 3. The normalized spacial score (nSPS) is 21.9. The number of likely N-dealkylation sites (tertiary alicyclic amines) is 1. The van der Waals surface area contributed by atoms with Crippen LogP contribution in [0.2, 0.25) is 0 Å². The molecule has 2 aliphatic heterocycles. The molecule has 1 amide bonds. The van der Waals surface area contributed by atoms with Gasteiger partial charge in [-0.15, -0.1) is 0 Å². The van der Waals surface area contributed by atoms with Crippen LogP contribution in [0, 0.1) is 5.92 Å². The molecule has 3 aliphatic rings. The Morgan fingerprint density at radius 1 is 1.07 bits per heavy atom. The second-order valence-corrected chi connectivity index (χ2v) is 9.26. The highest BCUT2D eigenvalue weighted by molar-refractivity contribution is 8.01. The molecule has 144 valence electrons. The van der Waals surface area contributed by atoms with Crippen LogP contribution < -0.4 is 0 Å². The standard InChI is InChI=1S/C22H21NO4S/c24-20(25)19-9-10-28-22(19)12-23(13-22)21(26)27-11-18-16-7-3-1-5-14(16)15-6-2-4-8-17(15)18/h1-8,18-19H,9-13H2,(H,24,25). The van der Waals surface area contributed by atoms with Gasteiger partial charge in [-0.1, -0.05) is 48.5 Å². The summed E-state index contributed by atoms with van der Waals surface area (Å²) in [6.07, 6.45) is 0.336. The Hall–Kier alpha value is -2.47.